The van der Waals surface area contributed by atoms with Gasteiger partial charge < -0.3 is 15.0 Å². The first kappa shape index (κ1) is 18.5. The van der Waals surface area contributed by atoms with E-state index in [0.717, 1.165) is 16.9 Å². The number of urea groups is 1. The number of amides is 2. The summed E-state index contributed by atoms with van der Waals surface area (Å²) in [5, 5.41) is 2.85. The Kier molecular flexibility index (Phi) is 6.47. The van der Waals surface area contributed by atoms with E-state index in [0.29, 0.717) is 13.1 Å². The molecule has 1 N–H and O–H groups in total. The molecular weight excluding hydrogens is 336 g/mol. The van der Waals surface area contributed by atoms with E-state index in [1.165, 1.54) is 5.56 Å². The molecule has 0 aliphatic heterocycles. The quantitative estimate of drug-likeness (QED) is 0.618. The fourth-order valence-corrected chi connectivity index (χ4v) is 2.73. The largest absolute Gasteiger partial charge is 0.473 e. The van der Waals surface area contributed by atoms with Gasteiger partial charge in [0.15, 0.2) is 6.73 Å². The number of carbonyl (C=O) groups is 1. The van der Waals surface area contributed by atoms with Crippen LogP contribution in [0.1, 0.15) is 16.7 Å². The maximum atomic E-state index is 12.7. The van der Waals surface area contributed by atoms with Crippen molar-refractivity contribution in [3.8, 4) is 5.75 Å². The summed E-state index contributed by atoms with van der Waals surface area (Å²) in [5.74, 6) is 0.735. The number of nitrogens with one attached hydrogen (secondary N) is 1. The Hall–Kier alpha value is -3.27. The van der Waals surface area contributed by atoms with Crippen molar-refractivity contribution >= 4 is 6.03 Å². The second kappa shape index (κ2) is 9.43. The van der Waals surface area contributed by atoms with Gasteiger partial charge in [0.05, 0.1) is 0 Å². The summed E-state index contributed by atoms with van der Waals surface area (Å²) in [4.78, 5) is 14.5. The minimum Gasteiger partial charge on any atom is -0.473 e. The highest BCUT2D eigenvalue weighted by Crippen LogP contribution is 2.12. The van der Waals surface area contributed by atoms with Crippen molar-refractivity contribution in [2.24, 2.45) is 0 Å². The predicted octanol–water partition coefficient (Wildman–Crippen LogP) is 4.74. The smallest absolute Gasteiger partial charge is 0.320 e. The molecule has 0 heterocycles. The van der Waals surface area contributed by atoms with Crippen LogP contribution in [0.5, 0.6) is 5.75 Å². The molecule has 0 spiro atoms. The number of ether oxygens (including phenoxy) is 1. The zero-order valence-corrected chi connectivity index (χ0v) is 15.5. The molecule has 0 unspecified atom stereocenters. The third-order valence-corrected chi connectivity index (χ3v) is 4.20. The number of benzene rings is 3. The van der Waals surface area contributed by atoms with Gasteiger partial charge in [-0.1, -0.05) is 78.4 Å². The molecule has 3 aromatic rings. The lowest BCUT2D eigenvalue weighted by Gasteiger charge is -2.23. The summed E-state index contributed by atoms with van der Waals surface area (Å²) < 4.78 is 5.62. The molecule has 2 amide bonds. The highest BCUT2D eigenvalue weighted by atomic mass is 16.5. The number of hydrogen-bond donors (Lipinski definition) is 1. The molecule has 27 heavy (non-hydrogen) atoms. The molecule has 0 atom stereocenters. The first-order chi connectivity index (χ1) is 13.2. The van der Waals surface area contributed by atoms with E-state index in [1.807, 2.05) is 91.9 Å². The van der Waals surface area contributed by atoms with Crippen LogP contribution in [0.2, 0.25) is 0 Å². The molecule has 3 rings (SSSR count). The van der Waals surface area contributed by atoms with Gasteiger partial charge >= 0.3 is 6.03 Å². The molecule has 0 bridgehead atoms. The number of nitrogens with zero attached hydrogens (tertiary/aromatic N) is 1. The Morgan fingerprint density at radius 1 is 0.815 bits per heavy atom. The molecule has 0 saturated heterocycles. The molecule has 0 saturated carbocycles. The van der Waals surface area contributed by atoms with Crippen LogP contribution < -0.4 is 10.1 Å². The maximum Gasteiger partial charge on any atom is 0.320 e. The van der Waals surface area contributed by atoms with Crippen molar-refractivity contribution < 1.29 is 9.53 Å². The van der Waals surface area contributed by atoms with Gasteiger partial charge in [-0.2, -0.15) is 0 Å². The average molecular weight is 360 g/mol. The maximum absolute atomic E-state index is 12.7. The minimum atomic E-state index is -0.158. The average Bonchev–Trinajstić information content (AvgIpc) is 2.70. The molecule has 0 aliphatic rings. The molecule has 0 radical (unpaired) electrons. The molecule has 3 aromatic carbocycles. The standard InChI is InChI=1S/C23H24N2O2/c1-19-12-14-22(15-13-19)27-18-24-23(26)25(16-20-8-4-2-5-9-20)17-21-10-6-3-7-11-21/h2-15H,16-18H2,1H3,(H,24,26). The summed E-state index contributed by atoms with van der Waals surface area (Å²) in [6, 6.07) is 27.6. The molecule has 4 nitrogen and oxygen atoms in total. The Bertz CT molecular complexity index is 792. The summed E-state index contributed by atoms with van der Waals surface area (Å²) in [7, 11) is 0. The van der Waals surface area contributed by atoms with Crippen LogP contribution in [0.15, 0.2) is 84.9 Å². The van der Waals surface area contributed by atoms with Crippen molar-refractivity contribution in [3.63, 3.8) is 0 Å². The Labute approximate surface area is 160 Å². The van der Waals surface area contributed by atoms with E-state index in [-0.39, 0.29) is 12.8 Å². The lowest BCUT2D eigenvalue weighted by Crippen LogP contribution is -2.40. The van der Waals surface area contributed by atoms with Gasteiger partial charge in [-0.15, -0.1) is 0 Å². The van der Waals surface area contributed by atoms with Gasteiger partial charge in [0, 0.05) is 13.1 Å². The third kappa shape index (κ3) is 5.89. The predicted molar refractivity (Wildman–Crippen MR) is 107 cm³/mol. The third-order valence-electron chi connectivity index (χ3n) is 4.20. The minimum absolute atomic E-state index is 0.127. The van der Waals surface area contributed by atoms with Crippen molar-refractivity contribution in [2.45, 2.75) is 20.0 Å². The Balaban J connectivity index is 1.61. The van der Waals surface area contributed by atoms with E-state index in [2.05, 4.69) is 5.32 Å². The number of carbonyl (C=O) groups excluding carboxylic acids is 1. The van der Waals surface area contributed by atoms with E-state index in [4.69, 9.17) is 4.74 Å². The van der Waals surface area contributed by atoms with Gasteiger partial charge in [-0.3, -0.25) is 0 Å². The van der Waals surface area contributed by atoms with Gasteiger partial charge in [0.25, 0.3) is 0 Å². The van der Waals surface area contributed by atoms with Gasteiger partial charge in [0.1, 0.15) is 5.75 Å². The summed E-state index contributed by atoms with van der Waals surface area (Å²) in [6.45, 7) is 3.22. The van der Waals surface area contributed by atoms with Crippen LogP contribution in [0, 0.1) is 6.92 Å². The van der Waals surface area contributed by atoms with Gasteiger partial charge in [-0.05, 0) is 30.2 Å². The molecule has 0 fully saturated rings. The fraction of sp³-hybridized carbons (Fsp3) is 0.174. The lowest BCUT2D eigenvalue weighted by atomic mass is 10.2. The number of rotatable bonds is 7. The Morgan fingerprint density at radius 3 is 1.85 bits per heavy atom. The van der Waals surface area contributed by atoms with Crippen LogP contribution in [-0.2, 0) is 13.1 Å². The van der Waals surface area contributed by atoms with Gasteiger partial charge in [-0.25, -0.2) is 4.79 Å². The first-order valence-corrected chi connectivity index (χ1v) is 9.01. The SMILES string of the molecule is Cc1ccc(OCNC(=O)N(Cc2ccccc2)Cc2ccccc2)cc1. The fourth-order valence-electron chi connectivity index (χ4n) is 2.73. The topological polar surface area (TPSA) is 41.6 Å². The summed E-state index contributed by atoms with van der Waals surface area (Å²) in [6.07, 6.45) is 0. The summed E-state index contributed by atoms with van der Waals surface area (Å²) >= 11 is 0. The van der Waals surface area contributed by atoms with E-state index in [1.54, 1.807) is 4.90 Å². The van der Waals surface area contributed by atoms with E-state index in [9.17, 15) is 4.79 Å². The van der Waals surface area contributed by atoms with E-state index < -0.39 is 0 Å². The zero-order chi connectivity index (χ0) is 18.9. The normalized spacial score (nSPS) is 10.3. The molecule has 138 valence electrons. The second-order valence-electron chi connectivity index (χ2n) is 6.41. The molecule has 4 heteroatoms. The van der Waals surface area contributed by atoms with Crippen molar-refractivity contribution in [1.29, 1.82) is 0 Å². The summed E-state index contributed by atoms with van der Waals surface area (Å²) in [5.41, 5.74) is 3.34. The Morgan fingerprint density at radius 2 is 1.33 bits per heavy atom. The lowest BCUT2D eigenvalue weighted by molar-refractivity contribution is 0.179. The molecule has 0 aliphatic carbocycles. The highest BCUT2D eigenvalue weighted by molar-refractivity contribution is 5.74. The van der Waals surface area contributed by atoms with Crippen LogP contribution in [0.3, 0.4) is 0 Å². The van der Waals surface area contributed by atoms with Crippen LogP contribution in [0.4, 0.5) is 4.79 Å². The molecule has 0 aromatic heterocycles. The van der Waals surface area contributed by atoms with Crippen LogP contribution in [-0.4, -0.2) is 17.7 Å². The highest BCUT2D eigenvalue weighted by Gasteiger charge is 2.14. The number of hydrogen-bond acceptors (Lipinski definition) is 2. The van der Waals surface area contributed by atoms with Gasteiger partial charge in [0.2, 0.25) is 0 Å². The van der Waals surface area contributed by atoms with E-state index >= 15 is 0 Å². The van der Waals surface area contributed by atoms with Crippen molar-refractivity contribution in [1.82, 2.24) is 10.2 Å². The first-order valence-electron chi connectivity index (χ1n) is 9.01. The van der Waals surface area contributed by atoms with Crippen molar-refractivity contribution in [2.75, 3.05) is 6.73 Å². The molecular formula is C23H24N2O2. The van der Waals surface area contributed by atoms with Crippen LogP contribution >= 0.6 is 0 Å². The number of aryl methyl sites for hydroxylation is 1. The van der Waals surface area contributed by atoms with Crippen molar-refractivity contribution in [3.05, 3.63) is 102 Å². The second-order valence-corrected chi connectivity index (χ2v) is 6.41. The van der Waals surface area contributed by atoms with Crippen LogP contribution in [0.25, 0.3) is 0 Å². The zero-order valence-electron chi connectivity index (χ0n) is 15.5. The monoisotopic (exact) mass is 360 g/mol.